The molecule has 0 radical (unpaired) electrons. The van der Waals surface area contributed by atoms with E-state index >= 15 is 0 Å². The first kappa shape index (κ1) is 39.7. The first-order valence-electron chi connectivity index (χ1n) is 20.1. The molecular formula is C40H68O12. The van der Waals surface area contributed by atoms with Gasteiger partial charge in [0.2, 0.25) is 0 Å². The van der Waals surface area contributed by atoms with Crippen molar-refractivity contribution in [1.29, 1.82) is 0 Å². The summed E-state index contributed by atoms with van der Waals surface area (Å²) in [6, 6.07) is 0. The van der Waals surface area contributed by atoms with Crippen molar-refractivity contribution in [3.63, 3.8) is 0 Å². The number of rotatable bonds is 5. The van der Waals surface area contributed by atoms with Crippen LogP contribution in [0, 0.1) is 56.7 Å². The Balaban J connectivity index is 1.26. The zero-order chi connectivity index (χ0) is 38.1. The molecule has 2 aliphatic heterocycles. The summed E-state index contributed by atoms with van der Waals surface area (Å²) in [6.45, 7) is 17.3. The lowest BCUT2D eigenvalue weighted by molar-refractivity contribution is -0.348. The van der Waals surface area contributed by atoms with Gasteiger partial charge in [0.05, 0.1) is 37.1 Å². The van der Waals surface area contributed by atoms with E-state index < -0.39 is 78.5 Å². The minimum atomic E-state index is -1.46. The fraction of sp³-hybridized carbons (Fsp3) is 1.00. The first-order chi connectivity index (χ1) is 24.0. The molecule has 0 aromatic heterocycles. The molecule has 0 spiro atoms. The highest BCUT2D eigenvalue weighted by Crippen LogP contribution is 2.78. The number of hydrogen-bond donors (Lipinski definition) is 8. The van der Waals surface area contributed by atoms with E-state index in [-0.39, 0.29) is 58.5 Å². The Kier molecular flexibility index (Phi) is 9.96. The summed E-state index contributed by atoms with van der Waals surface area (Å²) in [6.07, 6.45) is -5.33. The molecule has 52 heavy (non-hydrogen) atoms. The third-order valence-corrected chi connectivity index (χ3v) is 17.1. The maximum Gasteiger partial charge on any atom is 0.186 e. The van der Waals surface area contributed by atoms with Crippen LogP contribution in [0.15, 0.2) is 0 Å². The second kappa shape index (κ2) is 13.0. The molecule has 7 rings (SSSR count). The largest absolute Gasteiger partial charge is 0.393 e. The van der Waals surface area contributed by atoms with Gasteiger partial charge in [-0.05, 0) is 122 Å². The van der Waals surface area contributed by atoms with Crippen molar-refractivity contribution in [3.8, 4) is 0 Å². The van der Waals surface area contributed by atoms with Gasteiger partial charge in [-0.3, -0.25) is 0 Å². The zero-order valence-electron chi connectivity index (χ0n) is 32.5. The van der Waals surface area contributed by atoms with Crippen LogP contribution in [0.5, 0.6) is 0 Å². The van der Waals surface area contributed by atoms with Crippen molar-refractivity contribution in [2.75, 3.05) is 13.2 Å². The lowest BCUT2D eigenvalue weighted by Crippen LogP contribution is -2.72. The zero-order valence-corrected chi connectivity index (χ0v) is 32.5. The molecule has 2 heterocycles. The highest BCUT2D eigenvalue weighted by molar-refractivity contribution is 5.23. The van der Waals surface area contributed by atoms with E-state index in [2.05, 4.69) is 41.5 Å². The number of fused-ring (bicyclic) bond motifs is 7. The lowest BCUT2D eigenvalue weighted by Gasteiger charge is -2.75. The predicted octanol–water partition coefficient (Wildman–Crippen LogP) is 2.09. The molecule has 12 nitrogen and oxygen atoms in total. The summed E-state index contributed by atoms with van der Waals surface area (Å²) < 4.78 is 25.1. The Bertz CT molecular complexity index is 1320. The van der Waals surface area contributed by atoms with Crippen molar-refractivity contribution in [2.24, 2.45) is 56.7 Å². The molecular weight excluding hydrogens is 672 g/mol. The number of hydrogen-bond acceptors (Lipinski definition) is 12. The van der Waals surface area contributed by atoms with Crippen LogP contribution < -0.4 is 0 Å². The van der Waals surface area contributed by atoms with Gasteiger partial charge < -0.3 is 59.8 Å². The van der Waals surface area contributed by atoms with Crippen molar-refractivity contribution in [2.45, 2.75) is 180 Å². The summed E-state index contributed by atoms with van der Waals surface area (Å²) >= 11 is 0. The summed E-state index contributed by atoms with van der Waals surface area (Å²) in [5.41, 5.74) is -2.48. The predicted molar refractivity (Wildman–Crippen MR) is 188 cm³/mol. The van der Waals surface area contributed by atoms with Crippen LogP contribution >= 0.6 is 0 Å². The molecule has 20 atom stereocenters. The molecule has 7 fully saturated rings. The second-order valence-corrected chi connectivity index (χ2v) is 20.5. The highest BCUT2D eigenvalue weighted by Gasteiger charge is 2.74. The first-order valence-corrected chi connectivity index (χ1v) is 20.1. The van der Waals surface area contributed by atoms with Gasteiger partial charge in [-0.15, -0.1) is 0 Å². The maximum absolute atomic E-state index is 12.2. The minimum absolute atomic E-state index is 0.00640. The molecule has 300 valence electrons. The monoisotopic (exact) mass is 740 g/mol. The van der Waals surface area contributed by atoms with Crippen LogP contribution in [-0.4, -0.2) is 127 Å². The topological polar surface area (TPSA) is 199 Å². The summed E-state index contributed by atoms with van der Waals surface area (Å²) in [4.78, 5) is 0. The highest BCUT2D eigenvalue weighted by atomic mass is 16.7. The van der Waals surface area contributed by atoms with Gasteiger partial charge in [-0.2, -0.15) is 0 Å². The Morgan fingerprint density at radius 1 is 0.596 bits per heavy atom. The Morgan fingerprint density at radius 2 is 1.10 bits per heavy atom. The molecule has 2 saturated heterocycles. The van der Waals surface area contributed by atoms with Crippen molar-refractivity contribution < 1.29 is 59.8 Å². The van der Waals surface area contributed by atoms with E-state index in [0.717, 1.165) is 32.1 Å². The van der Waals surface area contributed by atoms with Gasteiger partial charge in [0, 0.05) is 0 Å². The smallest absolute Gasteiger partial charge is 0.186 e. The summed E-state index contributed by atoms with van der Waals surface area (Å²) in [5, 5.41) is 86.9. The standard InChI is InChI=1S/C40H68O12/c1-35(2)26(52-34-31(47)29(45)22(43)18-50-34)12-14-38(6)25-10-9-24-37(5)13-11-19(36(3,4)48)27(37)20(41)15-39(24,7)40(25,8)16-23(32(35)38)51-33-30(46)28(44)21(42)17-49-33/h19-34,41-48H,9-18H2,1-8H3/t19-,20+,21-,22-,23+,24-,25-,26+,27-,28+,29+,30-,31-,32+,33+,34+,37-,38-,39-,40-/m1/s1. The molecule has 5 aliphatic carbocycles. The molecule has 0 aromatic carbocycles. The molecule has 8 N–H and O–H groups in total. The second-order valence-electron chi connectivity index (χ2n) is 20.5. The van der Waals surface area contributed by atoms with Crippen LogP contribution in [-0.2, 0) is 18.9 Å². The van der Waals surface area contributed by atoms with Gasteiger partial charge in [-0.1, -0.05) is 41.5 Å². The van der Waals surface area contributed by atoms with E-state index in [1.54, 1.807) is 0 Å². The number of ether oxygens (including phenoxy) is 4. The minimum Gasteiger partial charge on any atom is -0.393 e. The van der Waals surface area contributed by atoms with E-state index in [1.807, 2.05) is 13.8 Å². The van der Waals surface area contributed by atoms with Gasteiger partial charge >= 0.3 is 0 Å². The third kappa shape index (κ3) is 5.66. The summed E-state index contributed by atoms with van der Waals surface area (Å²) in [7, 11) is 0. The quantitative estimate of drug-likeness (QED) is 0.191. The maximum atomic E-state index is 12.2. The Morgan fingerprint density at radius 3 is 1.65 bits per heavy atom. The van der Waals surface area contributed by atoms with Crippen LogP contribution in [0.25, 0.3) is 0 Å². The fourth-order valence-electron chi connectivity index (χ4n) is 14.7. The van der Waals surface area contributed by atoms with E-state index in [9.17, 15) is 40.9 Å². The van der Waals surface area contributed by atoms with Crippen molar-refractivity contribution in [3.05, 3.63) is 0 Å². The number of aliphatic hydroxyl groups is 8. The van der Waals surface area contributed by atoms with Gasteiger partial charge in [0.25, 0.3) is 0 Å². The average Bonchev–Trinajstić information content (AvgIpc) is 3.42. The van der Waals surface area contributed by atoms with E-state index in [1.165, 1.54) is 0 Å². The fourth-order valence-corrected chi connectivity index (χ4v) is 14.7. The lowest BCUT2D eigenvalue weighted by atomic mass is 9.31. The van der Waals surface area contributed by atoms with Crippen LogP contribution in [0.2, 0.25) is 0 Å². The molecule has 0 aromatic rings. The SMILES string of the molecule is CC(C)(O)[C@@H]1CC[C@@]2(C)[C@H]1[C@@H](O)C[C@]1(C)[C@@H]2CC[C@@H]2[C@@]3(C)CC[C@H](O[C@@H]4OC[C@@H](O)[C@H](O)[C@H]4O)C(C)(C)[C@@H]3[C@@H](O[C@@H]3OC[C@@H](O)[C@H](O)[C@H]3O)C[C@]21C. The van der Waals surface area contributed by atoms with Gasteiger partial charge in [0.1, 0.15) is 36.6 Å². The molecule has 0 unspecified atom stereocenters. The van der Waals surface area contributed by atoms with Crippen molar-refractivity contribution >= 4 is 0 Å². The number of aliphatic hydroxyl groups excluding tert-OH is 7. The Hall–Kier alpha value is -0.480. The molecule has 0 amide bonds. The van der Waals surface area contributed by atoms with Gasteiger partial charge in [-0.25, -0.2) is 0 Å². The average molecular weight is 741 g/mol. The van der Waals surface area contributed by atoms with Crippen molar-refractivity contribution in [1.82, 2.24) is 0 Å². The normalized spacial score (nSPS) is 57.7. The molecule has 7 aliphatic rings. The van der Waals surface area contributed by atoms with E-state index in [0.29, 0.717) is 25.2 Å². The van der Waals surface area contributed by atoms with Crippen LogP contribution in [0.1, 0.15) is 107 Å². The summed E-state index contributed by atoms with van der Waals surface area (Å²) in [5.74, 6) is 0.451. The Labute approximate surface area is 309 Å². The van der Waals surface area contributed by atoms with E-state index in [4.69, 9.17) is 18.9 Å². The molecule has 0 bridgehead atoms. The van der Waals surface area contributed by atoms with Crippen LogP contribution in [0.3, 0.4) is 0 Å². The molecule has 5 saturated carbocycles. The van der Waals surface area contributed by atoms with Gasteiger partial charge in [0.15, 0.2) is 12.6 Å². The third-order valence-electron chi connectivity index (χ3n) is 17.1. The molecule has 12 heteroatoms. The van der Waals surface area contributed by atoms with Crippen LogP contribution in [0.4, 0.5) is 0 Å².